The van der Waals surface area contributed by atoms with E-state index >= 15 is 0 Å². The second-order valence-corrected chi connectivity index (χ2v) is 7.81. The number of morpholine rings is 1. The predicted molar refractivity (Wildman–Crippen MR) is 100 cm³/mol. The lowest BCUT2D eigenvalue weighted by molar-refractivity contribution is 0.0526. The number of carbonyl (C=O) groups is 1. The van der Waals surface area contributed by atoms with Crippen molar-refractivity contribution in [1.82, 2.24) is 4.48 Å². The topological polar surface area (TPSA) is 83.5 Å². The van der Waals surface area contributed by atoms with Crippen molar-refractivity contribution in [3.8, 4) is 0 Å². The highest BCUT2D eigenvalue weighted by atomic mass is 32.2. The lowest BCUT2D eigenvalue weighted by Gasteiger charge is -2.37. The molecule has 3 rings (SSSR count). The summed E-state index contributed by atoms with van der Waals surface area (Å²) in [5.74, 6) is 0.0757. The number of nitrogens with zero attached hydrogens (tertiary/aromatic N) is 1. The zero-order valence-electron chi connectivity index (χ0n) is 14.9. The van der Waals surface area contributed by atoms with Crippen LogP contribution in [0.15, 0.2) is 54.6 Å². The molecule has 1 aliphatic heterocycles. The molecule has 0 amide bonds. The fourth-order valence-electron chi connectivity index (χ4n) is 2.73. The molecule has 0 radical (unpaired) electrons. The van der Waals surface area contributed by atoms with Crippen LogP contribution in [0.25, 0.3) is 0 Å². The van der Waals surface area contributed by atoms with Crippen LogP contribution in [-0.2, 0) is 14.9 Å². The molecule has 0 aromatic heterocycles. The summed E-state index contributed by atoms with van der Waals surface area (Å²) in [6, 6.07) is 17.4. The lowest BCUT2D eigenvalue weighted by Crippen LogP contribution is -2.53. The third kappa shape index (κ3) is 6.03. The van der Waals surface area contributed by atoms with E-state index in [1.54, 1.807) is 0 Å². The van der Waals surface area contributed by atoms with Gasteiger partial charge in [0.1, 0.15) is 18.8 Å². The van der Waals surface area contributed by atoms with Gasteiger partial charge in [0, 0.05) is 17.4 Å². The third-order valence-electron chi connectivity index (χ3n) is 4.25. The number of carbonyl (C=O) groups excluding carboxylic acids is 1. The van der Waals surface area contributed by atoms with E-state index in [-0.39, 0.29) is 5.78 Å². The Bertz CT molecular complexity index is 818. The van der Waals surface area contributed by atoms with Gasteiger partial charge < -0.3 is 9.29 Å². The largest absolute Gasteiger partial charge is 0.748 e. The van der Waals surface area contributed by atoms with E-state index in [0.29, 0.717) is 6.26 Å². The molecule has 0 spiro atoms. The van der Waals surface area contributed by atoms with Crippen molar-refractivity contribution < 1.29 is 22.5 Å². The predicted octanol–water partition coefficient (Wildman–Crippen LogP) is 2.05. The van der Waals surface area contributed by atoms with Crippen LogP contribution < -0.4 is 4.48 Å². The first-order valence-corrected chi connectivity index (χ1v) is 10.0. The van der Waals surface area contributed by atoms with Gasteiger partial charge in [-0.2, -0.15) is 0 Å². The maximum Gasteiger partial charge on any atom is 0.193 e. The molecule has 2 aromatic rings. The minimum absolute atomic E-state index is 0.0757. The SMILES string of the molecule is CS(=O)(=O)[O-].C[N+]1(c2ccc(C(=O)c3ccccc3)cc2)CCOCC1. The summed E-state index contributed by atoms with van der Waals surface area (Å²) in [7, 11) is -1.70. The van der Waals surface area contributed by atoms with Crippen molar-refractivity contribution in [1.29, 1.82) is 0 Å². The molecule has 1 fully saturated rings. The highest BCUT2D eigenvalue weighted by Gasteiger charge is 2.28. The number of ether oxygens (including phenoxy) is 1. The minimum Gasteiger partial charge on any atom is -0.748 e. The molecule has 140 valence electrons. The molecule has 0 atom stereocenters. The molecule has 1 saturated heterocycles. The molecular weight excluding hydrogens is 354 g/mol. The maximum atomic E-state index is 12.4. The minimum atomic E-state index is -3.92. The number of likely N-dealkylation sites (N-methyl/N-ethyl adjacent to an activating group) is 1. The van der Waals surface area contributed by atoms with E-state index in [9.17, 15) is 4.79 Å². The van der Waals surface area contributed by atoms with E-state index in [1.165, 1.54) is 5.69 Å². The fraction of sp³-hybridized carbons (Fsp3) is 0.316. The van der Waals surface area contributed by atoms with Crippen LogP contribution in [0.5, 0.6) is 0 Å². The van der Waals surface area contributed by atoms with Gasteiger partial charge in [0.15, 0.2) is 5.78 Å². The fourth-order valence-corrected chi connectivity index (χ4v) is 2.73. The quantitative estimate of drug-likeness (QED) is 0.464. The first kappa shape index (κ1) is 20.3. The Kier molecular flexibility index (Phi) is 6.66. The molecule has 2 aromatic carbocycles. The monoisotopic (exact) mass is 377 g/mol. The number of ketones is 1. The Morgan fingerprint density at radius 2 is 1.42 bits per heavy atom. The van der Waals surface area contributed by atoms with E-state index < -0.39 is 10.1 Å². The van der Waals surface area contributed by atoms with Gasteiger partial charge in [0.2, 0.25) is 0 Å². The second kappa shape index (κ2) is 8.55. The highest BCUT2D eigenvalue weighted by molar-refractivity contribution is 7.84. The van der Waals surface area contributed by atoms with Gasteiger partial charge in [-0.1, -0.05) is 30.3 Å². The Balaban J connectivity index is 0.000000431. The Morgan fingerprint density at radius 3 is 1.92 bits per heavy atom. The summed E-state index contributed by atoms with van der Waals surface area (Å²) in [5.41, 5.74) is 2.71. The normalized spacial score (nSPS) is 16.3. The van der Waals surface area contributed by atoms with E-state index in [1.807, 2.05) is 42.5 Å². The van der Waals surface area contributed by atoms with Crippen LogP contribution in [0.1, 0.15) is 15.9 Å². The van der Waals surface area contributed by atoms with E-state index in [2.05, 4.69) is 19.2 Å². The Hall–Kier alpha value is -2.06. The molecule has 0 unspecified atom stereocenters. The molecule has 0 saturated carbocycles. The van der Waals surface area contributed by atoms with Gasteiger partial charge in [-0.25, -0.2) is 8.42 Å². The van der Waals surface area contributed by atoms with Crippen LogP contribution in [-0.4, -0.2) is 58.4 Å². The van der Waals surface area contributed by atoms with Gasteiger partial charge in [-0.3, -0.25) is 9.28 Å². The molecule has 0 bridgehead atoms. The zero-order valence-corrected chi connectivity index (χ0v) is 15.7. The molecule has 6 nitrogen and oxygen atoms in total. The van der Waals surface area contributed by atoms with E-state index in [4.69, 9.17) is 17.7 Å². The number of rotatable bonds is 3. The maximum absolute atomic E-state index is 12.4. The smallest absolute Gasteiger partial charge is 0.193 e. The first-order chi connectivity index (χ1) is 12.2. The third-order valence-corrected chi connectivity index (χ3v) is 4.25. The average molecular weight is 377 g/mol. The van der Waals surface area contributed by atoms with Crippen LogP contribution in [0, 0.1) is 0 Å². The number of hydrogen-bond donors (Lipinski definition) is 0. The first-order valence-electron chi connectivity index (χ1n) is 8.23. The summed E-state index contributed by atoms with van der Waals surface area (Å²) in [4.78, 5) is 12.4. The molecule has 0 aliphatic carbocycles. The Labute approximate surface area is 154 Å². The highest BCUT2D eigenvalue weighted by Crippen LogP contribution is 2.24. The van der Waals surface area contributed by atoms with Crippen molar-refractivity contribution in [2.75, 3.05) is 39.6 Å². The molecule has 26 heavy (non-hydrogen) atoms. The lowest BCUT2D eigenvalue weighted by atomic mass is 10.0. The van der Waals surface area contributed by atoms with Crippen molar-refractivity contribution in [3.63, 3.8) is 0 Å². The van der Waals surface area contributed by atoms with Gasteiger partial charge in [-0.05, 0) is 24.3 Å². The summed E-state index contributed by atoms with van der Waals surface area (Å²) in [6.07, 6.45) is 0.604. The van der Waals surface area contributed by atoms with Crippen LogP contribution >= 0.6 is 0 Å². The standard InChI is InChI=1S/C18H20NO2.CH4O3S/c1-19(11-13-21-14-12-19)17-9-7-16(8-10-17)18(20)15-5-3-2-4-6-15;1-5(2,3)4/h2-10H,11-14H2,1H3;1H3,(H,2,3,4)/q+1;/p-1. The van der Waals surface area contributed by atoms with Crippen molar-refractivity contribution in [3.05, 3.63) is 65.7 Å². The average Bonchev–Trinajstić information content (AvgIpc) is 2.61. The summed E-state index contributed by atoms with van der Waals surface area (Å²) in [5, 5.41) is 0. The molecule has 7 heteroatoms. The van der Waals surface area contributed by atoms with Crippen molar-refractivity contribution in [2.45, 2.75) is 0 Å². The van der Waals surface area contributed by atoms with Gasteiger partial charge in [0.25, 0.3) is 0 Å². The number of benzene rings is 2. The summed E-state index contributed by atoms with van der Waals surface area (Å²) >= 11 is 0. The van der Waals surface area contributed by atoms with Crippen LogP contribution in [0.4, 0.5) is 5.69 Å². The van der Waals surface area contributed by atoms with E-state index in [0.717, 1.165) is 41.9 Å². The molecule has 1 heterocycles. The van der Waals surface area contributed by atoms with Gasteiger partial charge in [0.05, 0.1) is 30.4 Å². The summed E-state index contributed by atoms with van der Waals surface area (Å²) in [6.45, 7) is 3.54. The van der Waals surface area contributed by atoms with Crippen LogP contribution in [0.3, 0.4) is 0 Å². The Morgan fingerprint density at radius 1 is 0.962 bits per heavy atom. The van der Waals surface area contributed by atoms with Crippen LogP contribution in [0.2, 0.25) is 0 Å². The molecule has 0 N–H and O–H groups in total. The van der Waals surface area contributed by atoms with Crippen molar-refractivity contribution in [2.24, 2.45) is 0 Å². The van der Waals surface area contributed by atoms with Gasteiger partial charge in [-0.15, -0.1) is 0 Å². The number of quaternary nitrogens is 1. The number of hydrogen-bond acceptors (Lipinski definition) is 5. The second-order valence-electron chi connectivity index (χ2n) is 6.40. The van der Waals surface area contributed by atoms with Crippen molar-refractivity contribution >= 4 is 21.6 Å². The summed E-state index contributed by atoms with van der Waals surface area (Å²) < 4.78 is 33.5. The van der Waals surface area contributed by atoms with Gasteiger partial charge >= 0.3 is 0 Å². The molecular formula is C19H23NO5S. The zero-order chi connectivity index (χ0) is 19.2. The molecule has 1 aliphatic rings.